The van der Waals surface area contributed by atoms with Gasteiger partial charge in [-0.2, -0.15) is 0 Å². The van der Waals surface area contributed by atoms with Gasteiger partial charge in [0.2, 0.25) is 5.71 Å². The molecule has 0 saturated carbocycles. The Hall–Kier alpha value is -5.03. The number of rotatable bonds is 3. The molecule has 0 unspecified atom stereocenters. The van der Waals surface area contributed by atoms with Crippen molar-refractivity contribution in [3.05, 3.63) is 145 Å². The molecule has 0 bridgehead atoms. The Morgan fingerprint density at radius 3 is 2.34 bits per heavy atom. The fraction of sp³-hybridized carbons (Fsp3) is 0.0526. The molecule has 0 atom stereocenters. The van der Waals surface area contributed by atoms with Crippen molar-refractivity contribution >= 4 is 33.0 Å². The van der Waals surface area contributed by atoms with Gasteiger partial charge in [0.25, 0.3) is 0 Å². The minimum atomic E-state index is 0. The Kier molecular flexibility index (Phi) is 8.38. The molecule has 0 aliphatic carbocycles. The summed E-state index contributed by atoms with van der Waals surface area (Å²) in [5.41, 5.74) is 10.5. The minimum Gasteiger partial charge on any atom is -0.486 e. The van der Waals surface area contributed by atoms with Crippen molar-refractivity contribution in [2.45, 2.75) is 13.8 Å². The SMILES string of the molecule is Cc1ccc2c(n1)oc1c(-c3cc(-c4ccc5ncccc5c4C)ccn3)[c-]ccc12.[Ir].[c-]1ccccc1-c1ccccn1. The van der Waals surface area contributed by atoms with Gasteiger partial charge in [-0.1, -0.05) is 41.3 Å². The molecule has 0 aliphatic heterocycles. The maximum atomic E-state index is 6.16. The van der Waals surface area contributed by atoms with E-state index < -0.39 is 0 Å². The summed E-state index contributed by atoms with van der Waals surface area (Å²) in [4.78, 5) is 17.9. The monoisotopic (exact) mass is 747 g/mol. The first-order chi connectivity index (χ1) is 21.2. The van der Waals surface area contributed by atoms with E-state index in [1.165, 1.54) is 11.1 Å². The second-order valence-corrected chi connectivity index (χ2v) is 10.2. The molecule has 0 aliphatic rings. The fourth-order valence-corrected chi connectivity index (χ4v) is 5.33. The summed E-state index contributed by atoms with van der Waals surface area (Å²) in [6.45, 7) is 4.10. The Morgan fingerprint density at radius 1 is 0.636 bits per heavy atom. The largest absolute Gasteiger partial charge is 0.486 e. The van der Waals surface area contributed by atoms with Gasteiger partial charge in [-0.05, 0) is 78.3 Å². The van der Waals surface area contributed by atoms with Crippen LogP contribution in [0.5, 0.6) is 0 Å². The fourth-order valence-electron chi connectivity index (χ4n) is 5.33. The van der Waals surface area contributed by atoms with Gasteiger partial charge in [0.1, 0.15) is 0 Å². The quantitative estimate of drug-likeness (QED) is 0.169. The zero-order valence-corrected chi connectivity index (χ0v) is 26.5. The van der Waals surface area contributed by atoms with Crippen molar-refractivity contribution in [1.29, 1.82) is 0 Å². The topological polar surface area (TPSA) is 64.7 Å². The number of aryl methyl sites for hydroxylation is 2. The summed E-state index contributed by atoms with van der Waals surface area (Å²) in [6.07, 6.45) is 5.46. The molecule has 0 amide bonds. The number of pyridine rings is 4. The number of aromatic nitrogens is 4. The van der Waals surface area contributed by atoms with Gasteiger partial charge in [-0.3, -0.25) is 4.98 Å². The third-order valence-electron chi connectivity index (χ3n) is 7.47. The van der Waals surface area contributed by atoms with E-state index in [2.05, 4.69) is 69.3 Å². The molecule has 0 spiro atoms. The van der Waals surface area contributed by atoms with Crippen LogP contribution in [0.15, 0.2) is 126 Å². The van der Waals surface area contributed by atoms with Crippen LogP contribution < -0.4 is 0 Å². The standard InChI is InChI=1S/C27H18N3O.C11H8N.Ir/c1-16-8-9-22-21-5-3-6-23(26(21)31-27(22)30-16)25-15-18(12-14-29-25)19-10-11-24-20(17(19)2)7-4-13-28-24;1-2-6-10(7-3-1)11-8-4-5-9-12-11;/h3-5,7-15H,1-2H3;1-6,8-9H;/q2*-1;. The summed E-state index contributed by atoms with van der Waals surface area (Å²) in [5.74, 6) is 0. The molecule has 5 aromatic heterocycles. The van der Waals surface area contributed by atoms with Crippen molar-refractivity contribution in [2.75, 3.05) is 0 Å². The van der Waals surface area contributed by atoms with E-state index in [4.69, 9.17) is 4.42 Å². The van der Waals surface area contributed by atoms with Crippen LogP contribution in [-0.4, -0.2) is 19.9 Å². The molecule has 8 aromatic rings. The van der Waals surface area contributed by atoms with Crippen molar-refractivity contribution in [1.82, 2.24) is 19.9 Å². The molecule has 44 heavy (non-hydrogen) atoms. The number of hydrogen-bond donors (Lipinski definition) is 0. The predicted molar refractivity (Wildman–Crippen MR) is 172 cm³/mol. The van der Waals surface area contributed by atoms with E-state index in [1.54, 1.807) is 6.20 Å². The maximum Gasteiger partial charge on any atom is 0.216 e. The van der Waals surface area contributed by atoms with Crippen LogP contribution in [0.3, 0.4) is 0 Å². The summed E-state index contributed by atoms with van der Waals surface area (Å²) in [6, 6.07) is 40.6. The molecular formula is C38H26IrN4O-2. The summed E-state index contributed by atoms with van der Waals surface area (Å²) in [5, 5.41) is 3.19. The zero-order valence-electron chi connectivity index (χ0n) is 24.1. The van der Waals surface area contributed by atoms with Crippen LogP contribution in [-0.2, 0) is 20.1 Å². The van der Waals surface area contributed by atoms with Gasteiger partial charge in [0.05, 0.1) is 11.1 Å². The van der Waals surface area contributed by atoms with Crippen LogP contribution in [0.1, 0.15) is 11.3 Å². The van der Waals surface area contributed by atoms with Gasteiger partial charge in [-0.25, -0.2) is 4.98 Å². The van der Waals surface area contributed by atoms with Crippen LogP contribution >= 0.6 is 0 Å². The van der Waals surface area contributed by atoms with E-state index in [0.29, 0.717) is 5.71 Å². The third-order valence-corrected chi connectivity index (χ3v) is 7.47. The smallest absolute Gasteiger partial charge is 0.216 e. The molecule has 5 heterocycles. The van der Waals surface area contributed by atoms with Crippen LogP contribution in [0.4, 0.5) is 0 Å². The Balaban J connectivity index is 0.000000222. The number of hydrogen-bond acceptors (Lipinski definition) is 5. The molecule has 5 nitrogen and oxygen atoms in total. The van der Waals surface area contributed by atoms with Crippen LogP contribution in [0.25, 0.3) is 66.6 Å². The van der Waals surface area contributed by atoms with Crippen LogP contribution in [0.2, 0.25) is 0 Å². The van der Waals surface area contributed by atoms with E-state index in [-0.39, 0.29) is 20.1 Å². The van der Waals surface area contributed by atoms with Crippen molar-refractivity contribution in [3.63, 3.8) is 0 Å². The van der Waals surface area contributed by atoms with Gasteiger partial charge >= 0.3 is 0 Å². The molecule has 0 fully saturated rings. The van der Waals surface area contributed by atoms with Crippen molar-refractivity contribution in [2.24, 2.45) is 0 Å². The first kappa shape index (κ1) is 29.1. The molecule has 215 valence electrons. The minimum absolute atomic E-state index is 0. The first-order valence-corrected chi connectivity index (χ1v) is 14.1. The average Bonchev–Trinajstić information content (AvgIpc) is 3.44. The van der Waals surface area contributed by atoms with Gasteiger partial charge in [0, 0.05) is 55.2 Å². The normalized spacial score (nSPS) is 10.8. The second kappa shape index (κ2) is 12.7. The molecular weight excluding hydrogens is 721 g/mol. The number of benzene rings is 3. The van der Waals surface area contributed by atoms with Gasteiger partial charge in [-0.15, -0.1) is 54.1 Å². The molecule has 8 rings (SSSR count). The van der Waals surface area contributed by atoms with E-state index in [1.807, 2.05) is 92.1 Å². The number of furan rings is 1. The Bertz CT molecular complexity index is 2180. The molecule has 0 N–H and O–H groups in total. The van der Waals surface area contributed by atoms with Crippen molar-refractivity contribution < 1.29 is 24.5 Å². The zero-order chi connectivity index (χ0) is 29.2. The summed E-state index contributed by atoms with van der Waals surface area (Å²) >= 11 is 0. The third kappa shape index (κ3) is 5.65. The number of fused-ring (bicyclic) bond motifs is 4. The van der Waals surface area contributed by atoms with E-state index >= 15 is 0 Å². The van der Waals surface area contributed by atoms with E-state index in [9.17, 15) is 0 Å². The maximum absolute atomic E-state index is 6.16. The molecule has 6 heteroatoms. The summed E-state index contributed by atoms with van der Waals surface area (Å²) in [7, 11) is 0. The second-order valence-electron chi connectivity index (χ2n) is 10.2. The van der Waals surface area contributed by atoms with E-state index in [0.717, 1.165) is 61.0 Å². The number of nitrogens with zero attached hydrogens (tertiary/aromatic N) is 4. The predicted octanol–water partition coefficient (Wildman–Crippen LogP) is 9.22. The molecule has 0 saturated heterocycles. The average molecular weight is 747 g/mol. The van der Waals surface area contributed by atoms with Gasteiger partial charge < -0.3 is 14.4 Å². The van der Waals surface area contributed by atoms with Crippen molar-refractivity contribution in [3.8, 4) is 33.6 Å². The Labute approximate surface area is 269 Å². The first-order valence-electron chi connectivity index (χ1n) is 14.1. The summed E-state index contributed by atoms with van der Waals surface area (Å²) < 4.78 is 6.16. The Morgan fingerprint density at radius 2 is 1.50 bits per heavy atom. The molecule has 1 radical (unpaired) electrons. The molecule has 3 aromatic carbocycles. The van der Waals surface area contributed by atoms with Gasteiger partial charge in [0.15, 0.2) is 0 Å². The van der Waals surface area contributed by atoms with Crippen LogP contribution in [0, 0.1) is 26.0 Å².